The summed E-state index contributed by atoms with van der Waals surface area (Å²) in [6, 6.07) is 11.1. The maximum Gasteiger partial charge on any atom is 0.253 e. The minimum absolute atomic E-state index is 0.0853. The zero-order valence-electron chi connectivity index (χ0n) is 15.6. The number of furan rings is 1. The van der Waals surface area contributed by atoms with E-state index in [1.54, 1.807) is 19.6 Å². The van der Waals surface area contributed by atoms with Gasteiger partial charge in [0.2, 0.25) is 0 Å². The van der Waals surface area contributed by atoms with Crippen molar-refractivity contribution in [1.82, 2.24) is 14.6 Å². The minimum Gasteiger partial charge on any atom is -0.497 e. The van der Waals surface area contributed by atoms with Crippen LogP contribution in [0.15, 0.2) is 69.7 Å². The average Bonchev–Trinajstić information content (AvgIpc) is 3.46. The van der Waals surface area contributed by atoms with Gasteiger partial charge in [-0.1, -0.05) is 11.8 Å². The molecular formula is C20H20N4O3S. The largest absolute Gasteiger partial charge is 0.497 e. The molecule has 0 spiro atoms. The maximum absolute atomic E-state index is 12.9. The standard InChI is InChI=1S/C20H20N4O3S/c1-23-10-9-21-20(23)28-13-19(25)24-17(18-4-3-11-27-18)12-16(22-24)14-5-7-15(26-2)8-6-14/h3-11,17H,12-13H2,1-2H3/t17-/m1/s1. The Balaban J connectivity index is 1.56. The van der Waals surface area contributed by atoms with E-state index < -0.39 is 0 Å². The molecule has 4 rings (SSSR count). The highest BCUT2D eigenvalue weighted by Gasteiger charge is 2.34. The zero-order valence-corrected chi connectivity index (χ0v) is 16.4. The second kappa shape index (κ2) is 7.93. The number of aromatic nitrogens is 2. The zero-order chi connectivity index (χ0) is 19.5. The third kappa shape index (κ3) is 3.68. The van der Waals surface area contributed by atoms with E-state index in [1.807, 2.05) is 54.2 Å². The summed E-state index contributed by atoms with van der Waals surface area (Å²) >= 11 is 1.39. The van der Waals surface area contributed by atoms with Gasteiger partial charge in [-0.05, 0) is 42.0 Å². The predicted octanol–water partition coefficient (Wildman–Crippen LogP) is 3.49. The highest BCUT2D eigenvalue weighted by molar-refractivity contribution is 7.99. The van der Waals surface area contributed by atoms with Gasteiger partial charge < -0.3 is 13.7 Å². The summed E-state index contributed by atoms with van der Waals surface area (Å²) in [6.07, 6.45) is 5.78. The van der Waals surface area contributed by atoms with Gasteiger partial charge in [-0.2, -0.15) is 5.10 Å². The molecule has 0 bridgehead atoms. The number of ether oxygens (including phenoxy) is 1. The monoisotopic (exact) mass is 396 g/mol. The molecule has 0 unspecified atom stereocenters. The van der Waals surface area contributed by atoms with Crippen molar-refractivity contribution in [2.24, 2.45) is 12.1 Å². The van der Waals surface area contributed by atoms with Crippen LogP contribution in [0.5, 0.6) is 5.75 Å². The summed E-state index contributed by atoms with van der Waals surface area (Å²) in [4.78, 5) is 17.2. The molecule has 0 radical (unpaired) electrons. The van der Waals surface area contributed by atoms with E-state index in [0.29, 0.717) is 6.42 Å². The van der Waals surface area contributed by atoms with Gasteiger partial charge in [0.05, 0.1) is 24.8 Å². The molecule has 8 heteroatoms. The summed E-state index contributed by atoms with van der Waals surface area (Å²) < 4.78 is 12.7. The van der Waals surface area contributed by atoms with Gasteiger partial charge in [0.25, 0.3) is 5.91 Å². The molecule has 0 aliphatic carbocycles. The Bertz CT molecular complexity index is 979. The molecule has 1 atom stereocenters. The summed E-state index contributed by atoms with van der Waals surface area (Å²) in [5, 5.41) is 6.96. The van der Waals surface area contributed by atoms with Crippen molar-refractivity contribution in [2.75, 3.05) is 12.9 Å². The molecule has 3 aromatic rings. The van der Waals surface area contributed by atoms with Crippen LogP contribution in [0.2, 0.25) is 0 Å². The minimum atomic E-state index is -0.249. The number of imidazole rings is 1. The highest BCUT2D eigenvalue weighted by Crippen LogP contribution is 2.34. The number of hydrogen-bond donors (Lipinski definition) is 0. The van der Waals surface area contributed by atoms with E-state index in [1.165, 1.54) is 16.8 Å². The topological polar surface area (TPSA) is 72.9 Å². The number of hydrazone groups is 1. The number of thioether (sulfide) groups is 1. The summed E-state index contributed by atoms with van der Waals surface area (Å²) in [6.45, 7) is 0. The second-order valence-electron chi connectivity index (χ2n) is 6.36. The van der Waals surface area contributed by atoms with Crippen molar-refractivity contribution in [3.63, 3.8) is 0 Å². The van der Waals surface area contributed by atoms with Crippen LogP contribution in [0.4, 0.5) is 0 Å². The Kier molecular flexibility index (Phi) is 5.21. The first-order valence-corrected chi connectivity index (χ1v) is 9.82. The quantitative estimate of drug-likeness (QED) is 0.597. The number of rotatable bonds is 6. The molecule has 3 heterocycles. The third-order valence-electron chi connectivity index (χ3n) is 4.56. The first-order chi connectivity index (χ1) is 13.7. The van der Waals surface area contributed by atoms with Gasteiger partial charge in [0.15, 0.2) is 5.16 Å². The number of nitrogens with zero attached hydrogens (tertiary/aromatic N) is 4. The fraction of sp³-hybridized carbons (Fsp3) is 0.250. The van der Waals surface area contributed by atoms with Crippen LogP contribution >= 0.6 is 11.8 Å². The Labute approximate surface area is 167 Å². The van der Waals surface area contributed by atoms with Crippen LogP contribution in [0.1, 0.15) is 23.8 Å². The van der Waals surface area contributed by atoms with Crippen LogP contribution in [0.25, 0.3) is 0 Å². The summed E-state index contributed by atoms with van der Waals surface area (Å²) in [7, 11) is 3.54. The van der Waals surface area contributed by atoms with Crippen molar-refractivity contribution in [3.05, 3.63) is 66.4 Å². The summed E-state index contributed by atoms with van der Waals surface area (Å²) in [5.74, 6) is 1.67. The molecule has 7 nitrogen and oxygen atoms in total. The Hall–Kier alpha value is -3.00. The molecule has 1 aromatic carbocycles. The number of benzene rings is 1. The number of aryl methyl sites for hydroxylation is 1. The fourth-order valence-corrected chi connectivity index (χ4v) is 3.87. The SMILES string of the molecule is COc1ccc(C2=NN(C(=O)CSc3nccn3C)[C@@H](c3ccco3)C2)cc1. The smallest absolute Gasteiger partial charge is 0.253 e. The molecule has 144 valence electrons. The van der Waals surface area contributed by atoms with E-state index >= 15 is 0 Å². The lowest BCUT2D eigenvalue weighted by molar-refractivity contribution is -0.130. The van der Waals surface area contributed by atoms with Crippen LogP contribution in [0, 0.1) is 0 Å². The Morgan fingerprint density at radius 2 is 2.14 bits per heavy atom. The van der Waals surface area contributed by atoms with E-state index in [4.69, 9.17) is 9.15 Å². The van der Waals surface area contributed by atoms with E-state index in [0.717, 1.165) is 27.9 Å². The van der Waals surface area contributed by atoms with Gasteiger partial charge in [0.1, 0.15) is 17.6 Å². The average molecular weight is 396 g/mol. The van der Waals surface area contributed by atoms with Crippen LogP contribution in [-0.4, -0.2) is 39.0 Å². The lowest BCUT2D eigenvalue weighted by atomic mass is 10.0. The van der Waals surface area contributed by atoms with Gasteiger partial charge in [-0.25, -0.2) is 9.99 Å². The lowest BCUT2D eigenvalue weighted by Crippen LogP contribution is -2.28. The molecule has 1 amide bonds. The molecule has 1 aliphatic heterocycles. The molecule has 0 N–H and O–H groups in total. The molecule has 0 saturated heterocycles. The molecule has 1 aliphatic rings. The van der Waals surface area contributed by atoms with E-state index in [2.05, 4.69) is 10.1 Å². The number of hydrogen-bond acceptors (Lipinski definition) is 6. The van der Waals surface area contributed by atoms with Crippen molar-refractivity contribution in [2.45, 2.75) is 17.6 Å². The summed E-state index contributed by atoms with van der Waals surface area (Å²) in [5.41, 5.74) is 1.81. The predicted molar refractivity (Wildman–Crippen MR) is 106 cm³/mol. The van der Waals surface area contributed by atoms with Gasteiger partial charge >= 0.3 is 0 Å². The molecule has 0 saturated carbocycles. The molecule has 2 aromatic heterocycles. The molecule has 0 fully saturated rings. The van der Waals surface area contributed by atoms with Gasteiger partial charge in [-0.3, -0.25) is 4.79 Å². The van der Waals surface area contributed by atoms with Crippen molar-refractivity contribution < 1.29 is 13.9 Å². The van der Waals surface area contributed by atoms with Gasteiger partial charge in [0, 0.05) is 25.9 Å². The van der Waals surface area contributed by atoms with Crippen LogP contribution in [0.3, 0.4) is 0 Å². The number of methoxy groups -OCH3 is 1. The number of carbonyl (C=O) groups is 1. The normalized spacial score (nSPS) is 16.3. The van der Waals surface area contributed by atoms with E-state index in [9.17, 15) is 4.79 Å². The van der Waals surface area contributed by atoms with Crippen LogP contribution in [-0.2, 0) is 11.8 Å². The fourth-order valence-electron chi connectivity index (χ4n) is 3.08. The highest BCUT2D eigenvalue weighted by atomic mass is 32.2. The van der Waals surface area contributed by atoms with Gasteiger partial charge in [-0.15, -0.1) is 0 Å². The Morgan fingerprint density at radius 3 is 2.79 bits per heavy atom. The van der Waals surface area contributed by atoms with Crippen molar-refractivity contribution in [3.8, 4) is 5.75 Å². The first kappa shape index (κ1) is 18.4. The second-order valence-corrected chi connectivity index (χ2v) is 7.30. The maximum atomic E-state index is 12.9. The third-order valence-corrected chi connectivity index (χ3v) is 5.61. The number of carbonyl (C=O) groups excluding carboxylic acids is 1. The van der Waals surface area contributed by atoms with E-state index in [-0.39, 0.29) is 17.7 Å². The Morgan fingerprint density at radius 1 is 1.32 bits per heavy atom. The molecule has 28 heavy (non-hydrogen) atoms. The number of amides is 1. The lowest BCUT2D eigenvalue weighted by Gasteiger charge is -2.19. The first-order valence-electron chi connectivity index (χ1n) is 8.83. The van der Waals surface area contributed by atoms with Crippen molar-refractivity contribution in [1.29, 1.82) is 0 Å². The van der Waals surface area contributed by atoms with Crippen LogP contribution < -0.4 is 4.74 Å². The molecular weight excluding hydrogens is 376 g/mol. The van der Waals surface area contributed by atoms with Crippen molar-refractivity contribution >= 4 is 23.4 Å².